The Hall–Kier alpha value is -4.12. The van der Waals surface area contributed by atoms with Crippen molar-refractivity contribution in [3.63, 3.8) is 0 Å². The first-order valence-electron chi connectivity index (χ1n) is 11.6. The maximum absolute atomic E-state index is 12.0. The molecule has 0 radical (unpaired) electrons. The van der Waals surface area contributed by atoms with Crippen molar-refractivity contribution in [2.24, 2.45) is 5.18 Å². The molecule has 0 aliphatic rings. The van der Waals surface area contributed by atoms with E-state index in [2.05, 4.69) is 41.4 Å². The highest BCUT2D eigenvalue weighted by atomic mass is 16.4. The number of pyridine rings is 1. The number of nitroso groups, excluding NO2 is 1. The highest BCUT2D eigenvalue weighted by Gasteiger charge is 2.24. The van der Waals surface area contributed by atoms with E-state index in [1.54, 1.807) is 12.1 Å². The zero-order valence-corrected chi connectivity index (χ0v) is 20.1. The van der Waals surface area contributed by atoms with Crippen molar-refractivity contribution in [2.75, 3.05) is 0 Å². The van der Waals surface area contributed by atoms with Crippen molar-refractivity contribution < 1.29 is 9.90 Å². The molecule has 2 atom stereocenters. The summed E-state index contributed by atoms with van der Waals surface area (Å²) in [4.78, 5) is 27.6. The van der Waals surface area contributed by atoms with E-state index in [0.29, 0.717) is 6.42 Å². The van der Waals surface area contributed by atoms with Crippen molar-refractivity contribution in [2.45, 2.75) is 39.2 Å². The van der Waals surface area contributed by atoms with Crippen LogP contribution in [0, 0.1) is 25.7 Å². The van der Waals surface area contributed by atoms with E-state index in [4.69, 9.17) is 5.11 Å². The maximum atomic E-state index is 12.0. The minimum Gasteiger partial charge on any atom is -0.478 e. The molecule has 1 heterocycles. The van der Waals surface area contributed by atoms with E-state index in [1.807, 2.05) is 62.4 Å². The van der Waals surface area contributed by atoms with Crippen LogP contribution in [0.25, 0.3) is 11.1 Å². The molecule has 35 heavy (non-hydrogen) atoms. The van der Waals surface area contributed by atoms with Crippen LogP contribution in [-0.4, -0.2) is 16.1 Å². The molecule has 0 bridgehead atoms. The molecule has 1 N–H and O–H groups in total. The van der Waals surface area contributed by atoms with Gasteiger partial charge in [-0.15, -0.1) is 0 Å². The Morgan fingerprint density at radius 3 is 1.94 bits per heavy atom. The second-order valence-electron chi connectivity index (χ2n) is 8.95. The summed E-state index contributed by atoms with van der Waals surface area (Å²) < 4.78 is 0. The number of aromatic nitrogens is 1. The number of benzene rings is 3. The summed E-state index contributed by atoms with van der Waals surface area (Å²) in [5.41, 5.74) is 8.28. The number of carboxylic acids is 1. The molecule has 0 aliphatic carbocycles. The summed E-state index contributed by atoms with van der Waals surface area (Å²) in [6.07, 6.45) is 0.546. The summed E-state index contributed by atoms with van der Waals surface area (Å²) in [5.74, 6) is -0.956. The van der Waals surface area contributed by atoms with Crippen LogP contribution >= 0.6 is 0 Å². The van der Waals surface area contributed by atoms with Crippen LogP contribution in [-0.2, 0) is 0 Å². The van der Waals surface area contributed by atoms with Gasteiger partial charge in [-0.2, -0.15) is 4.91 Å². The number of carbonyl (C=O) groups is 1. The number of hydrogen-bond donors (Lipinski definition) is 1. The van der Waals surface area contributed by atoms with Crippen molar-refractivity contribution in [1.29, 1.82) is 0 Å². The standard InChI is InChI=1S/C30H28N2O3/c1-19-6-4-5-7-27(19)28(18-29(32-35)26-16-20(2)31-21(3)17-26)24-12-8-22(9-13-24)23-10-14-25(15-11-23)30(33)34/h4-17,28-29H,18H2,1-3H3,(H,33,34). The maximum Gasteiger partial charge on any atom is 0.335 e. The average molecular weight is 465 g/mol. The zero-order valence-electron chi connectivity index (χ0n) is 20.1. The highest BCUT2D eigenvalue weighted by molar-refractivity contribution is 5.88. The first kappa shape index (κ1) is 24.0. The van der Waals surface area contributed by atoms with Crippen LogP contribution in [0.3, 0.4) is 0 Å². The van der Waals surface area contributed by atoms with Crippen LogP contribution in [0.1, 0.15) is 62.4 Å². The molecular formula is C30H28N2O3. The third-order valence-electron chi connectivity index (χ3n) is 6.42. The molecule has 0 aliphatic heterocycles. The topological polar surface area (TPSA) is 79.6 Å². The lowest BCUT2D eigenvalue weighted by molar-refractivity contribution is 0.0697. The predicted molar refractivity (Wildman–Crippen MR) is 139 cm³/mol. The van der Waals surface area contributed by atoms with Gasteiger partial charge in [-0.3, -0.25) is 4.98 Å². The third-order valence-corrected chi connectivity index (χ3v) is 6.42. The largest absolute Gasteiger partial charge is 0.478 e. The van der Waals surface area contributed by atoms with Crippen LogP contribution in [0.15, 0.2) is 90.1 Å². The molecule has 2 unspecified atom stereocenters. The third kappa shape index (κ3) is 5.52. The summed E-state index contributed by atoms with van der Waals surface area (Å²) in [6.45, 7) is 5.95. The molecule has 5 nitrogen and oxygen atoms in total. The van der Waals surface area contributed by atoms with Gasteiger partial charge in [0.25, 0.3) is 0 Å². The van der Waals surface area contributed by atoms with E-state index in [-0.39, 0.29) is 11.5 Å². The second-order valence-corrected chi connectivity index (χ2v) is 8.95. The van der Waals surface area contributed by atoms with Crippen LogP contribution < -0.4 is 0 Å². The summed E-state index contributed by atoms with van der Waals surface area (Å²) in [7, 11) is 0. The molecule has 176 valence electrons. The Morgan fingerprint density at radius 2 is 1.40 bits per heavy atom. The Labute approximate surface area is 205 Å². The Bertz CT molecular complexity index is 1320. The fourth-order valence-corrected chi connectivity index (χ4v) is 4.66. The predicted octanol–water partition coefficient (Wildman–Crippen LogP) is 7.40. The van der Waals surface area contributed by atoms with Gasteiger partial charge in [-0.1, -0.05) is 65.8 Å². The molecule has 0 amide bonds. The lowest BCUT2D eigenvalue weighted by Crippen LogP contribution is -2.09. The molecule has 1 aromatic heterocycles. The number of aryl methyl sites for hydroxylation is 3. The number of aromatic carboxylic acids is 1. The second kappa shape index (κ2) is 10.4. The normalized spacial score (nSPS) is 12.7. The molecule has 0 spiro atoms. The number of hydrogen-bond acceptors (Lipinski definition) is 4. The van der Waals surface area contributed by atoms with E-state index in [0.717, 1.165) is 39.2 Å². The summed E-state index contributed by atoms with van der Waals surface area (Å²) in [6, 6.07) is 26.7. The number of carboxylic acid groups (broad SMARTS) is 1. The number of rotatable bonds is 8. The molecule has 4 aromatic rings. The number of nitrogens with zero attached hydrogens (tertiary/aromatic N) is 2. The molecule has 0 saturated heterocycles. The van der Waals surface area contributed by atoms with E-state index in [9.17, 15) is 9.70 Å². The van der Waals surface area contributed by atoms with Gasteiger partial charge in [-0.05, 0) is 84.8 Å². The monoisotopic (exact) mass is 464 g/mol. The molecule has 0 saturated carbocycles. The van der Waals surface area contributed by atoms with Gasteiger partial charge in [0.2, 0.25) is 0 Å². The van der Waals surface area contributed by atoms with Crippen LogP contribution in [0.5, 0.6) is 0 Å². The Balaban J connectivity index is 1.69. The van der Waals surface area contributed by atoms with Gasteiger partial charge >= 0.3 is 5.97 Å². The highest BCUT2D eigenvalue weighted by Crippen LogP contribution is 2.38. The molecule has 0 fully saturated rings. The Kier molecular flexibility index (Phi) is 7.16. The van der Waals surface area contributed by atoms with Gasteiger partial charge in [-0.25, -0.2) is 4.79 Å². The fourth-order valence-electron chi connectivity index (χ4n) is 4.66. The van der Waals surface area contributed by atoms with Crippen molar-refractivity contribution >= 4 is 5.97 Å². The first-order valence-corrected chi connectivity index (χ1v) is 11.6. The molecule has 3 aromatic carbocycles. The molecule has 5 heteroatoms. The minimum absolute atomic E-state index is 0.0175. The van der Waals surface area contributed by atoms with Crippen LogP contribution in [0.4, 0.5) is 0 Å². The zero-order chi connectivity index (χ0) is 24.9. The van der Waals surface area contributed by atoms with E-state index in [1.165, 1.54) is 5.56 Å². The molecule has 4 rings (SSSR count). The fraction of sp³-hybridized carbons (Fsp3) is 0.200. The SMILES string of the molecule is Cc1cc(C(CC(c2ccc(-c3ccc(C(=O)O)cc3)cc2)c2ccccc2C)N=O)cc(C)n1. The van der Waals surface area contributed by atoms with Crippen molar-refractivity contribution in [3.05, 3.63) is 129 Å². The lowest BCUT2D eigenvalue weighted by Gasteiger charge is -2.23. The lowest BCUT2D eigenvalue weighted by atomic mass is 9.82. The van der Waals surface area contributed by atoms with Gasteiger partial charge in [0, 0.05) is 17.3 Å². The van der Waals surface area contributed by atoms with Gasteiger partial charge < -0.3 is 5.11 Å². The smallest absolute Gasteiger partial charge is 0.335 e. The van der Waals surface area contributed by atoms with E-state index >= 15 is 0 Å². The van der Waals surface area contributed by atoms with E-state index < -0.39 is 12.0 Å². The van der Waals surface area contributed by atoms with Crippen LogP contribution in [0.2, 0.25) is 0 Å². The minimum atomic E-state index is -0.939. The first-order chi connectivity index (χ1) is 16.9. The molecular weight excluding hydrogens is 436 g/mol. The van der Waals surface area contributed by atoms with Crippen molar-refractivity contribution in [3.8, 4) is 11.1 Å². The van der Waals surface area contributed by atoms with Gasteiger partial charge in [0.05, 0.1) is 5.56 Å². The quantitative estimate of drug-likeness (QED) is 0.276. The van der Waals surface area contributed by atoms with Gasteiger partial charge in [0.15, 0.2) is 0 Å². The van der Waals surface area contributed by atoms with Gasteiger partial charge in [0.1, 0.15) is 6.04 Å². The van der Waals surface area contributed by atoms with Crippen molar-refractivity contribution in [1.82, 2.24) is 4.98 Å². The summed E-state index contributed by atoms with van der Waals surface area (Å²) in [5, 5.41) is 12.7. The Morgan fingerprint density at radius 1 is 0.829 bits per heavy atom. The summed E-state index contributed by atoms with van der Waals surface area (Å²) >= 11 is 0. The average Bonchev–Trinajstić information content (AvgIpc) is 2.85.